The van der Waals surface area contributed by atoms with E-state index in [0.29, 0.717) is 0 Å². The molecule has 0 saturated carbocycles. The van der Waals surface area contributed by atoms with Gasteiger partial charge in [0.2, 0.25) is 0 Å². The van der Waals surface area contributed by atoms with E-state index in [9.17, 15) is 0 Å². The van der Waals surface area contributed by atoms with Gasteiger partial charge >= 0.3 is 0 Å². The molecule has 0 aliphatic carbocycles. The summed E-state index contributed by atoms with van der Waals surface area (Å²) in [4.78, 5) is 8.91. The highest BCUT2D eigenvalue weighted by molar-refractivity contribution is 7.78. The lowest BCUT2D eigenvalue weighted by molar-refractivity contribution is 0.130. The molecule has 1 aromatic rings. The molecule has 0 bridgehead atoms. The summed E-state index contributed by atoms with van der Waals surface area (Å²) in [7, 11) is 0. The number of piperazine rings is 1. The van der Waals surface area contributed by atoms with Crippen molar-refractivity contribution in [2.45, 2.75) is 6.54 Å². The van der Waals surface area contributed by atoms with Gasteiger partial charge in [-0.25, -0.2) is 4.99 Å². The standard InChI is InChI=1S/C14H19N3S/c18-13-15-6-7-16-8-10-17(11-9-16)12-14-4-2-1-3-5-14/h1-5H,6-12H2. The first-order valence-electron chi connectivity index (χ1n) is 6.41. The summed E-state index contributed by atoms with van der Waals surface area (Å²) in [5, 5.41) is 2.42. The molecule has 1 fully saturated rings. The van der Waals surface area contributed by atoms with E-state index in [1.54, 1.807) is 0 Å². The Kier molecular flexibility index (Phi) is 5.49. The number of thiocarbonyl (C=S) groups is 1. The number of hydrogen-bond donors (Lipinski definition) is 0. The van der Waals surface area contributed by atoms with E-state index in [4.69, 9.17) is 0 Å². The monoisotopic (exact) mass is 261 g/mol. The maximum absolute atomic E-state index is 4.57. The van der Waals surface area contributed by atoms with E-state index < -0.39 is 0 Å². The predicted octanol–water partition coefficient (Wildman–Crippen LogP) is 1.91. The first kappa shape index (κ1) is 13.4. The molecule has 0 spiro atoms. The van der Waals surface area contributed by atoms with Crippen molar-refractivity contribution in [1.29, 1.82) is 0 Å². The first-order valence-corrected chi connectivity index (χ1v) is 6.81. The molecule has 1 aromatic carbocycles. The molecule has 1 saturated heterocycles. The third-order valence-electron chi connectivity index (χ3n) is 3.31. The van der Waals surface area contributed by atoms with Gasteiger partial charge in [0.1, 0.15) is 0 Å². The van der Waals surface area contributed by atoms with Gasteiger partial charge in [-0.05, 0) is 17.8 Å². The molecule has 1 aliphatic rings. The fourth-order valence-electron chi connectivity index (χ4n) is 2.25. The van der Waals surface area contributed by atoms with Crippen LogP contribution in [-0.2, 0) is 6.54 Å². The Labute approximate surface area is 114 Å². The van der Waals surface area contributed by atoms with Crippen molar-refractivity contribution >= 4 is 17.4 Å². The molecule has 0 radical (unpaired) electrons. The summed E-state index contributed by atoms with van der Waals surface area (Å²) in [5.41, 5.74) is 1.40. The largest absolute Gasteiger partial charge is 0.299 e. The van der Waals surface area contributed by atoms with E-state index in [1.807, 2.05) is 0 Å². The number of aliphatic imine (C=N–C) groups is 1. The van der Waals surface area contributed by atoms with Gasteiger partial charge in [-0.3, -0.25) is 9.80 Å². The number of isothiocyanates is 1. The van der Waals surface area contributed by atoms with Crippen molar-refractivity contribution < 1.29 is 0 Å². The summed E-state index contributed by atoms with van der Waals surface area (Å²) < 4.78 is 0. The number of nitrogens with zero attached hydrogens (tertiary/aromatic N) is 3. The second kappa shape index (κ2) is 7.39. The van der Waals surface area contributed by atoms with Crippen LogP contribution in [0.15, 0.2) is 35.3 Å². The molecule has 0 aromatic heterocycles. The predicted molar refractivity (Wildman–Crippen MR) is 78.1 cm³/mol. The smallest absolute Gasteiger partial charge is 0.0620 e. The molecule has 0 N–H and O–H groups in total. The fourth-order valence-corrected chi connectivity index (χ4v) is 2.34. The maximum Gasteiger partial charge on any atom is 0.0620 e. The fraction of sp³-hybridized carbons (Fsp3) is 0.500. The molecule has 0 unspecified atom stereocenters. The van der Waals surface area contributed by atoms with E-state index in [-0.39, 0.29) is 0 Å². The topological polar surface area (TPSA) is 18.8 Å². The Morgan fingerprint density at radius 3 is 2.39 bits per heavy atom. The zero-order valence-electron chi connectivity index (χ0n) is 10.6. The van der Waals surface area contributed by atoms with Crippen LogP contribution in [0.25, 0.3) is 0 Å². The van der Waals surface area contributed by atoms with Gasteiger partial charge in [-0.2, -0.15) is 0 Å². The minimum atomic E-state index is 0.780. The summed E-state index contributed by atoms with van der Waals surface area (Å²) in [6, 6.07) is 10.7. The molecule has 0 amide bonds. The molecule has 2 rings (SSSR count). The average Bonchev–Trinajstić information content (AvgIpc) is 2.42. The van der Waals surface area contributed by atoms with Gasteiger partial charge in [0, 0.05) is 39.3 Å². The van der Waals surface area contributed by atoms with Crippen LogP contribution in [0.1, 0.15) is 5.56 Å². The Bertz CT molecular complexity index is 393. The maximum atomic E-state index is 4.57. The van der Waals surface area contributed by atoms with Gasteiger partial charge in [-0.1, -0.05) is 30.3 Å². The van der Waals surface area contributed by atoms with Crippen molar-refractivity contribution in [3.05, 3.63) is 35.9 Å². The Morgan fingerprint density at radius 1 is 1.06 bits per heavy atom. The highest BCUT2D eigenvalue weighted by Gasteiger charge is 2.16. The van der Waals surface area contributed by atoms with Crippen molar-refractivity contribution in [3.8, 4) is 0 Å². The zero-order valence-corrected chi connectivity index (χ0v) is 11.4. The van der Waals surface area contributed by atoms with E-state index in [0.717, 1.165) is 45.8 Å². The van der Waals surface area contributed by atoms with Gasteiger partial charge < -0.3 is 0 Å². The minimum absolute atomic E-state index is 0.780. The van der Waals surface area contributed by atoms with E-state index in [2.05, 4.69) is 62.5 Å². The van der Waals surface area contributed by atoms with Crippen molar-refractivity contribution in [2.75, 3.05) is 39.3 Å². The Balaban J connectivity index is 1.72. The molecule has 1 heterocycles. The highest BCUT2D eigenvalue weighted by Crippen LogP contribution is 2.07. The normalized spacial score (nSPS) is 17.3. The molecule has 96 valence electrons. The number of rotatable bonds is 5. The molecule has 3 nitrogen and oxygen atoms in total. The second-order valence-corrected chi connectivity index (χ2v) is 4.76. The van der Waals surface area contributed by atoms with Crippen LogP contribution in [0.3, 0.4) is 0 Å². The summed E-state index contributed by atoms with van der Waals surface area (Å²) in [6.45, 7) is 7.36. The third kappa shape index (κ3) is 4.31. The first-order chi connectivity index (χ1) is 8.88. The van der Waals surface area contributed by atoms with Crippen molar-refractivity contribution in [1.82, 2.24) is 9.80 Å². The van der Waals surface area contributed by atoms with Gasteiger partial charge in [0.05, 0.1) is 11.7 Å². The SMILES string of the molecule is S=C=NCCN1CCN(Cc2ccccc2)CC1. The van der Waals surface area contributed by atoms with Crippen molar-refractivity contribution in [2.24, 2.45) is 4.99 Å². The highest BCUT2D eigenvalue weighted by atomic mass is 32.1. The van der Waals surface area contributed by atoms with Crippen LogP contribution >= 0.6 is 12.2 Å². The summed E-state index contributed by atoms with van der Waals surface area (Å²) >= 11 is 4.57. The molecule has 0 atom stereocenters. The van der Waals surface area contributed by atoms with E-state index in [1.165, 1.54) is 5.56 Å². The molecular weight excluding hydrogens is 242 g/mol. The van der Waals surface area contributed by atoms with E-state index >= 15 is 0 Å². The van der Waals surface area contributed by atoms with Gasteiger partial charge in [0.15, 0.2) is 0 Å². The lowest BCUT2D eigenvalue weighted by Gasteiger charge is -2.34. The van der Waals surface area contributed by atoms with Crippen LogP contribution in [0.4, 0.5) is 0 Å². The molecule has 4 heteroatoms. The average molecular weight is 261 g/mol. The zero-order chi connectivity index (χ0) is 12.6. The van der Waals surface area contributed by atoms with Crippen LogP contribution in [-0.4, -0.2) is 54.2 Å². The summed E-state index contributed by atoms with van der Waals surface area (Å²) in [5.74, 6) is 0. The lowest BCUT2D eigenvalue weighted by atomic mass is 10.2. The van der Waals surface area contributed by atoms with Gasteiger partial charge in [0.25, 0.3) is 0 Å². The Morgan fingerprint density at radius 2 is 1.72 bits per heavy atom. The number of hydrogen-bond acceptors (Lipinski definition) is 4. The minimum Gasteiger partial charge on any atom is -0.299 e. The summed E-state index contributed by atoms with van der Waals surface area (Å²) in [6.07, 6.45) is 0. The number of benzene rings is 1. The van der Waals surface area contributed by atoms with Crippen LogP contribution in [0, 0.1) is 0 Å². The molecular formula is C14H19N3S. The third-order valence-corrected chi connectivity index (χ3v) is 3.44. The van der Waals surface area contributed by atoms with Crippen LogP contribution < -0.4 is 0 Å². The second-order valence-electron chi connectivity index (χ2n) is 4.58. The molecule has 1 aliphatic heterocycles. The van der Waals surface area contributed by atoms with Gasteiger partial charge in [-0.15, -0.1) is 0 Å². The quantitative estimate of drug-likeness (QED) is 0.596. The Hall–Kier alpha value is -1.06. The van der Waals surface area contributed by atoms with Crippen LogP contribution in [0.2, 0.25) is 0 Å². The van der Waals surface area contributed by atoms with Crippen LogP contribution in [0.5, 0.6) is 0 Å². The van der Waals surface area contributed by atoms with Crippen molar-refractivity contribution in [3.63, 3.8) is 0 Å². The lowest BCUT2D eigenvalue weighted by Crippen LogP contribution is -2.46. The molecule has 18 heavy (non-hydrogen) atoms.